The summed E-state index contributed by atoms with van der Waals surface area (Å²) in [4.78, 5) is 10.2. The van der Waals surface area contributed by atoms with Crippen LogP contribution in [0.4, 0.5) is 5.69 Å². The molecular weight excluding hydrogens is 248 g/mol. The summed E-state index contributed by atoms with van der Waals surface area (Å²) in [6.45, 7) is 0.213. The minimum atomic E-state index is -0.542. The minimum absolute atomic E-state index is 0. The third-order valence-electron chi connectivity index (χ3n) is 2.38. The molecular formula is C13H14N2O4. The summed E-state index contributed by atoms with van der Waals surface area (Å²) in [5.41, 5.74) is 0.735. The number of nitro benzene ring substituents is 1. The van der Waals surface area contributed by atoms with Crippen molar-refractivity contribution in [2.75, 3.05) is 0 Å². The average molecular weight is 262 g/mol. The standard InChI is InChI=1S/C13H11NO4.H3N/c15-11-6-7-12(14(16)17)13(8-11)18-9-10-4-2-1-3-5-10;/h1-8,15H,9H2;1H3. The fraction of sp³-hybridized carbons (Fsp3) is 0.0769. The molecule has 6 nitrogen and oxygen atoms in total. The second-order valence-electron chi connectivity index (χ2n) is 3.68. The average Bonchev–Trinajstić information content (AvgIpc) is 2.37. The largest absolute Gasteiger partial charge is 0.508 e. The Morgan fingerprint density at radius 3 is 2.47 bits per heavy atom. The van der Waals surface area contributed by atoms with Crippen molar-refractivity contribution in [2.45, 2.75) is 6.61 Å². The van der Waals surface area contributed by atoms with E-state index in [1.807, 2.05) is 30.3 Å². The van der Waals surface area contributed by atoms with E-state index >= 15 is 0 Å². The summed E-state index contributed by atoms with van der Waals surface area (Å²) in [6, 6.07) is 13.0. The molecule has 0 fully saturated rings. The lowest BCUT2D eigenvalue weighted by molar-refractivity contribution is -0.386. The van der Waals surface area contributed by atoms with Crippen LogP contribution in [0.2, 0.25) is 0 Å². The Balaban J connectivity index is 0.00000180. The highest BCUT2D eigenvalue weighted by molar-refractivity contribution is 5.50. The van der Waals surface area contributed by atoms with Crippen molar-refractivity contribution in [3.63, 3.8) is 0 Å². The Bertz CT molecular complexity index is 558. The first-order valence-electron chi connectivity index (χ1n) is 5.31. The molecule has 2 aromatic rings. The number of rotatable bonds is 4. The molecule has 19 heavy (non-hydrogen) atoms. The van der Waals surface area contributed by atoms with Crippen molar-refractivity contribution in [3.8, 4) is 11.5 Å². The second-order valence-corrected chi connectivity index (χ2v) is 3.68. The van der Waals surface area contributed by atoms with Gasteiger partial charge < -0.3 is 16.0 Å². The summed E-state index contributed by atoms with van der Waals surface area (Å²) in [6.07, 6.45) is 0. The Hall–Kier alpha value is -2.60. The van der Waals surface area contributed by atoms with Gasteiger partial charge >= 0.3 is 5.69 Å². The molecule has 0 aliphatic heterocycles. The number of benzene rings is 2. The van der Waals surface area contributed by atoms with Gasteiger partial charge in [-0.2, -0.15) is 0 Å². The smallest absolute Gasteiger partial charge is 0.311 e. The lowest BCUT2D eigenvalue weighted by Gasteiger charge is -2.07. The van der Waals surface area contributed by atoms with Gasteiger partial charge in [-0.3, -0.25) is 10.1 Å². The lowest BCUT2D eigenvalue weighted by atomic mass is 10.2. The van der Waals surface area contributed by atoms with Gasteiger partial charge in [-0.25, -0.2) is 0 Å². The Morgan fingerprint density at radius 2 is 1.84 bits per heavy atom. The molecule has 0 aliphatic carbocycles. The molecule has 6 heteroatoms. The lowest BCUT2D eigenvalue weighted by Crippen LogP contribution is -1.98. The molecule has 0 saturated carbocycles. The first-order chi connectivity index (χ1) is 8.66. The topological polar surface area (TPSA) is 108 Å². The van der Waals surface area contributed by atoms with Crippen molar-refractivity contribution < 1.29 is 14.8 Å². The maximum atomic E-state index is 10.8. The first-order valence-corrected chi connectivity index (χ1v) is 5.31. The molecule has 0 atom stereocenters. The Morgan fingerprint density at radius 1 is 1.16 bits per heavy atom. The summed E-state index contributed by atoms with van der Waals surface area (Å²) in [5.74, 6) is -0.00693. The van der Waals surface area contributed by atoms with Crippen molar-refractivity contribution in [1.29, 1.82) is 0 Å². The van der Waals surface area contributed by atoms with Crippen LogP contribution in [-0.2, 0) is 6.61 Å². The number of phenolic OH excluding ortho intramolecular Hbond substituents is 1. The third-order valence-corrected chi connectivity index (χ3v) is 2.38. The molecule has 0 bridgehead atoms. The van der Waals surface area contributed by atoms with Crippen LogP contribution in [0.1, 0.15) is 5.56 Å². The summed E-state index contributed by atoms with van der Waals surface area (Å²) in [5, 5.41) is 20.1. The van der Waals surface area contributed by atoms with Gasteiger partial charge in [0.25, 0.3) is 0 Å². The van der Waals surface area contributed by atoms with Crippen LogP contribution < -0.4 is 10.9 Å². The van der Waals surface area contributed by atoms with E-state index in [0.29, 0.717) is 0 Å². The van der Waals surface area contributed by atoms with Crippen LogP contribution in [0, 0.1) is 10.1 Å². The molecule has 2 rings (SSSR count). The third kappa shape index (κ3) is 3.68. The molecule has 100 valence electrons. The minimum Gasteiger partial charge on any atom is -0.508 e. The van der Waals surface area contributed by atoms with Gasteiger partial charge in [0.2, 0.25) is 5.75 Å². The monoisotopic (exact) mass is 262 g/mol. The van der Waals surface area contributed by atoms with Crippen LogP contribution >= 0.6 is 0 Å². The summed E-state index contributed by atoms with van der Waals surface area (Å²) >= 11 is 0. The fourth-order valence-corrected chi connectivity index (χ4v) is 1.50. The zero-order valence-electron chi connectivity index (χ0n) is 10.2. The van der Waals surface area contributed by atoms with E-state index in [4.69, 9.17) is 4.74 Å². The summed E-state index contributed by atoms with van der Waals surface area (Å²) < 4.78 is 5.36. The van der Waals surface area contributed by atoms with Gasteiger partial charge in [0.05, 0.1) is 4.92 Å². The highest BCUT2D eigenvalue weighted by Gasteiger charge is 2.15. The predicted octanol–water partition coefficient (Wildman–Crippen LogP) is 3.04. The number of hydrogen-bond acceptors (Lipinski definition) is 5. The van der Waals surface area contributed by atoms with Crippen LogP contribution in [0.15, 0.2) is 48.5 Å². The van der Waals surface area contributed by atoms with E-state index in [0.717, 1.165) is 5.56 Å². The number of hydrogen-bond donors (Lipinski definition) is 2. The van der Waals surface area contributed by atoms with Crippen molar-refractivity contribution in [1.82, 2.24) is 6.15 Å². The van der Waals surface area contributed by atoms with Crippen LogP contribution in [0.25, 0.3) is 0 Å². The molecule has 0 radical (unpaired) electrons. The molecule has 0 saturated heterocycles. The van der Waals surface area contributed by atoms with Crippen molar-refractivity contribution in [3.05, 3.63) is 64.2 Å². The highest BCUT2D eigenvalue weighted by atomic mass is 16.6. The zero-order chi connectivity index (χ0) is 13.0. The van der Waals surface area contributed by atoms with E-state index in [-0.39, 0.29) is 29.9 Å². The van der Waals surface area contributed by atoms with Gasteiger partial charge in [-0.05, 0) is 11.6 Å². The number of nitrogens with zero attached hydrogens (tertiary/aromatic N) is 1. The van der Waals surface area contributed by atoms with Crippen molar-refractivity contribution >= 4 is 5.69 Å². The quantitative estimate of drug-likeness (QED) is 0.650. The van der Waals surface area contributed by atoms with Crippen LogP contribution in [0.3, 0.4) is 0 Å². The molecule has 0 spiro atoms. The maximum Gasteiger partial charge on any atom is 0.311 e. The predicted molar refractivity (Wildman–Crippen MR) is 70.6 cm³/mol. The van der Waals surface area contributed by atoms with Gasteiger partial charge in [-0.15, -0.1) is 0 Å². The Labute approximate surface area is 110 Å². The van der Waals surface area contributed by atoms with Gasteiger partial charge in [-0.1, -0.05) is 30.3 Å². The molecule has 0 aromatic heterocycles. The van der Waals surface area contributed by atoms with E-state index in [1.54, 1.807) is 0 Å². The number of phenols is 1. The van der Waals surface area contributed by atoms with Gasteiger partial charge in [0.1, 0.15) is 12.4 Å². The first kappa shape index (κ1) is 14.5. The number of ether oxygens (including phenoxy) is 1. The van der Waals surface area contributed by atoms with Gasteiger partial charge in [0, 0.05) is 12.1 Å². The highest BCUT2D eigenvalue weighted by Crippen LogP contribution is 2.31. The van der Waals surface area contributed by atoms with E-state index in [9.17, 15) is 15.2 Å². The molecule has 4 N–H and O–H groups in total. The second kappa shape index (κ2) is 6.36. The van der Waals surface area contributed by atoms with Crippen molar-refractivity contribution in [2.24, 2.45) is 0 Å². The van der Waals surface area contributed by atoms with E-state index in [2.05, 4.69) is 0 Å². The Kier molecular flexibility index (Phi) is 4.84. The van der Waals surface area contributed by atoms with Crippen LogP contribution in [0.5, 0.6) is 11.5 Å². The summed E-state index contributed by atoms with van der Waals surface area (Å²) in [7, 11) is 0. The molecule has 0 heterocycles. The normalized spacial score (nSPS) is 9.47. The van der Waals surface area contributed by atoms with Crippen LogP contribution in [-0.4, -0.2) is 10.0 Å². The van der Waals surface area contributed by atoms with E-state index < -0.39 is 4.92 Å². The maximum absolute atomic E-state index is 10.8. The molecule has 0 aliphatic rings. The molecule has 2 aromatic carbocycles. The molecule has 0 amide bonds. The number of aromatic hydroxyl groups is 1. The fourth-order valence-electron chi connectivity index (χ4n) is 1.50. The molecule has 0 unspecified atom stereocenters. The zero-order valence-corrected chi connectivity index (χ0v) is 10.2. The number of nitro groups is 1. The van der Waals surface area contributed by atoms with E-state index in [1.165, 1.54) is 18.2 Å². The van der Waals surface area contributed by atoms with Gasteiger partial charge in [0.15, 0.2) is 0 Å². The SMILES string of the molecule is N.O=[N+]([O-])c1ccc(O)cc1OCc1ccccc1.